The van der Waals surface area contributed by atoms with Gasteiger partial charge in [0, 0.05) is 5.92 Å². The molecule has 0 unspecified atom stereocenters. The summed E-state index contributed by atoms with van der Waals surface area (Å²) in [7, 11) is 0. The molecule has 2 N–H and O–H groups in total. The molecule has 0 aliphatic heterocycles. The van der Waals surface area contributed by atoms with Gasteiger partial charge in [0.25, 0.3) is 0 Å². The van der Waals surface area contributed by atoms with Gasteiger partial charge in [-0.15, -0.1) is 11.8 Å². The Labute approximate surface area is 159 Å². The molecule has 3 rings (SSSR count). The highest BCUT2D eigenvalue weighted by molar-refractivity contribution is 8.00. The largest absolute Gasteiger partial charge is 0.508 e. The quantitative estimate of drug-likeness (QED) is 0.581. The minimum atomic E-state index is -0.143. The molecule has 0 bridgehead atoms. The molecule has 0 saturated carbocycles. The van der Waals surface area contributed by atoms with Crippen molar-refractivity contribution in [3.63, 3.8) is 0 Å². The maximum atomic E-state index is 12.1. The van der Waals surface area contributed by atoms with Crippen molar-refractivity contribution in [1.82, 2.24) is 9.97 Å². The maximum absolute atomic E-state index is 12.1. The average molecular weight is 390 g/mol. The second kappa shape index (κ2) is 8.37. The van der Waals surface area contributed by atoms with E-state index in [1.54, 1.807) is 48.4 Å². The molecular formula is C18H19N3O3S2. The number of thiazole rings is 1. The molecule has 1 amide bonds. The molecule has 8 heteroatoms. The lowest BCUT2D eigenvalue weighted by molar-refractivity contribution is -0.115. The van der Waals surface area contributed by atoms with Gasteiger partial charge in [-0.2, -0.15) is 0 Å². The van der Waals surface area contributed by atoms with Crippen LogP contribution in [0.1, 0.15) is 37.0 Å². The van der Waals surface area contributed by atoms with E-state index in [-0.39, 0.29) is 18.1 Å². The molecule has 0 spiro atoms. The number of carbonyl (C=O) groups excluding carboxylic acids is 1. The summed E-state index contributed by atoms with van der Waals surface area (Å²) in [6.07, 6.45) is 3.73. The van der Waals surface area contributed by atoms with Crippen LogP contribution >= 0.6 is 23.1 Å². The number of aromatic hydroxyl groups is 1. The van der Waals surface area contributed by atoms with Crippen molar-refractivity contribution in [1.29, 1.82) is 0 Å². The summed E-state index contributed by atoms with van der Waals surface area (Å²) in [5.74, 6) is 2.55. The number of nitrogens with one attached hydrogen (secondary N) is 1. The van der Waals surface area contributed by atoms with Crippen LogP contribution in [0.4, 0.5) is 5.13 Å². The van der Waals surface area contributed by atoms with Crippen LogP contribution in [-0.2, 0) is 17.0 Å². The van der Waals surface area contributed by atoms with Crippen LogP contribution in [0.3, 0.4) is 0 Å². The molecule has 2 heterocycles. The lowest BCUT2D eigenvalue weighted by Crippen LogP contribution is -2.13. The predicted octanol–water partition coefficient (Wildman–Crippen LogP) is 4.43. The fourth-order valence-corrected chi connectivity index (χ4v) is 3.88. The summed E-state index contributed by atoms with van der Waals surface area (Å²) in [6.45, 7) is 4.13. The summed E-state index contributed by atoms with van der Waals surface area (Å²) < 4.78 is 6.66. The highest BCUT2D eigenvalue weighted by Gasteiger charge is 2.11. The Hall–Kier alpha value is -2.32. The van der Waals surface area contributed by atoms with E-state index in [9.17, 15) is 9.90 Å². The van der Waals surface area contributed by atoms with Gasteiger partial charge < -0.3 is 14.8 Å². The number of aromatic nitrogens is 2. The van der Waals surface area contributed by atoms with Gasteiger partial charge in [-0.05, 0) is 17.7 Å². The van der Waals surface area contributed by atoms with E-state index >= 15 is 0 Å². The van der Waals surface area contributed by atoms with Crippen molar-refractivity contribution in [2.24, 2.45) is 0 Å². The first kappa shape index (κ1) is 18.5. The Morgan fingerprint density at radius 1 is 1.27 bits per heavy atom. The molecule has 0 atom stereocenters. The van der Waals surface area contributed by atoms with Gasteiger partial charge in [0.15, 0.2) is 5.13 Å². The zero-order chi connectivity index (χ0) is 18.5. The normalized spacial score (nSPS) is 11.0. The molecule has 26 heavy (non-hydrogen) atoms. The van der Waals surface area contributed by atoms with Crippen LogP contribution in [0.15, 0.2) is 45.3 Å². The van der Waals surface area contributed by atoms with Crippen LogP contribution in [-0.4, -0.2) is 21.0 Å². The average Bonchev–Trinajstić information content (AvgIpc) is 3.24. The van der Waals surface area contributed by atoms with Crippen molar-refractivity contribution in [2.75, 3.05) is 5.32 Å². The van der Waals surface area contributed by atoms with E-state index < -0.39 is 0 Å². The Bertz CT molecular complexity index is 872. The minimum absolute atomic E-state index is 0.143. The van der Waals surface area contributed by atoms with Crippen LogP contribution in [0, 0.1) is 0 Å². The number of anilines is 1. The molecule has 1 aromatic carbocycles. The number of thioether (sulfide) groups is 1. The molecule has 0 saturated heterocycles. The highest BCUT2D eigenvalue weighted by Crippen LogP contribution is 2.31. The SMILES string of the molecule is CC(C)c1cnc(CSc2cnc(NC(=O)Cc3ccc(O)cc3)s2)o1. The monoisotopic (exact) mass is 389 g/mol. The van der Waals surface area contributed by atoms with E-state index in [0.717, 1.165) is 15.5 Å². The number of benzene rings is 1. The number of oxazole rings is 1. The summed E-state index contributed by atoms with van der Waals surface area (Å²) >= 11 is 2.99. The van der Waals surface area contributed by atoms with Gasteiger partial charge in [0.1, 0.15) is 11.5 Å². The van der Waals surface area contributed by atoms with Crippen LogP contribution in [0.2, 0.25) is 0 Å². The lowest BCUT2D eigenvalue weighted by Gasteiger charge is -2.02. The smallest absolute Gasteiger partial charge is 0.230 e. The highest BCUT2D eigenvalue weighted by atomic mass is 32.2. The third kappa shape index (κ3) is 5.09. The standard InChI is InChI=1S/C18H19N3O3S2/c1-11(2)14-8-19-16(24-14)10-25-17-9-20-18(26-17)21-15(23)7-12-3-5-13(22)6-4-12/h3-6,8-9,11,22H,7,10H2,1-2H3,(H,20,21,23). The van der Waals surface area contributed by atoms with Gasteiger partial charge in [0.05, 0.1) is 28.8 Å². The number of amides is 1. The first-order valence-corrected chi connectivity index (χ1v) is 9.91. The summed E-state index contributed by atoms with van der Waals surface area (Å²) in [5.41, 5.74) is 0.830. The fraction of sp³-hybridized carbons (Fsp3) is 0.278. The van der Waals surface area contributed by atoms with Gasteiger partial charge >= 0.3 is 0 Å². The lowest BCUT2D eigenvalue weighted by atomic mass is 10.1. The van der Waals surface area contributed by atoms with Crippen molar-refractivity contribution < 1.29 is 14.3 Å². The molecule has 0 radical (unpaired) electrons. The van der Waals surface area contributed by atoms with Gasteiger partial charge in [-0.3, -0.25) is 4.79 Å². The molecular weight excluding hydrogens is 370 g/mol. The van der Waals surface area contributed by atoms with E-state index in [1.807, 2.05) is 0 Å². The van der Waals surface area contributed by atoms with Crippen LogP contribution in [0.5, 0.6) is 5.75 Å². The Morgan fingerprint density at radius 2 is 2.04 bits per heavy atom. The molecule has 2 aromatic heterocycles. The zero-order valence-corrected chi connectivity index (χ0v) is 16.1. The van der Waals surface area contributed by atoms with Crippen molar-refractivity contribution in [3.8, 4) is 5.75 Å². The third-order valence-electron chi connectivity index (χ3n) is 3.51. The topological polar surface area (TPSA) is 88.2 Å². The van der Waals surface area contributed by atoms with Crippen molar-refractivity contribution >= 4 is 34.1 Å². The van der Waals surface area contributed by atoms with E-state index in [1.165, 1.54) is 11.3 Å². The van der Waals surface area contributed by atoms with Gasteiger partial charge in [0.2, 0.25) is 11.8 Å². The third-order valence-corrected chi connectivity index (χ3v) is 5.60. The predicted molar refractivity (Wildman–Crippen MR) is 103 cm³/mol. The first-order chi connectivity index (χ1) is 12.5. The van der Waals surface area contributed by atoms with Crippen LogP contribution in [0.25, 0.3) is 0 Å². The van der Waals surface area contributed by atoms with Crippen LogP contribution < -0.4 is 5.32 Å². The molecule has 3 aromatic rings. The molecule has 0 fully saturated rings. The number of rotatable bonds is 7. The summed E-state index contributed by atoms with van der Waals surface area (Å²) in [6, 6.07) is 6.57. The Balaban J connectivity index is 1.50. The van der Waals surface area contributed by atoms with Crippen molar-refractivity contribution in [2.45, 2.75) is 36.1 Å². The van der Waals surface area contributed by atoms with E-state index in [2.05, 4.69) is 29.1 Å². The molecule has 6 nitrogen and oxygen atoms in total. The Morgan fingerprint density at radius 3 is 2.73 bits per heavy atom. The second-order valence-corrected chi connectivity index (χ2v) is 8.28. The maximum Gasteiger partial charge on any atom is 0.230 e. The van der Waals surface area contributed by atoms with E-state index in [0.29, 0.717) is 22.7 Å². The minimum Gasteiger partial charge on any atom is -0.508 e. The number of phenols is 1. The fourth-order valence-electron chi connectivity index (χ4n) is 2.14. The number of nitrogens with zero attached hydrogens (tertiary/aromatic N) is 2. The first-order valence-electron chi connectivity index (χ1n) is 8.10. The summed E-state index contributed by atoms with van der Waals surface area (Å²) in [4.78, 5) is 20.6. The summed E-state index contributed by atoms with van der Waals surface area (Å²) in [5, 5.41) is 12.6. The van der Waals surface area contributed by atoms with Crippen molar-refractivity contribution in [3.05, 3.63) is 53.9 Å². The molecule has 0 aliphatic rings. The molecule has 136 valence electrons. The van der Waals surface area contributed by atoms with Gasteiger partial charge in [-0.25, -0.2) is 9.97 Å². The van der Waals surface area contributed by atoms with Gasteiger partial charge in [-0.1, -0.05) is 37.3 Å². The van der Waals surface area contributed by atoms with E-state index in [4.69, 9.17) is 4.42 Å². The number of carbonyl (C=O) groups is 1. The second-order valence-electron chi connectivity index (χ2n) is 5.98. The zero-order valence-electron chi connectivity index (χ0n) is 14.4. The number of phenolic OH excluding ortho intramolecular Hbond substituents is 1. The number of hydrogen-bond acceptors (Lipinski definition) is 7. The molecule has 0 aliphatic carbocycles. The Kier molecular flexibility index (Phi) is 5.95. The number of hydrogen-bond donors (Lipinski definition) is 2.